The molecule has 32 heavy (non-hydrogen) atoms. The lowest BCUT2D eigenvalue weighted by molar-refractivity contribution is 1.52. The molecule has 2 rings (SSSR count). The minimum atomic E-state index is 0.953. The van der Waals surface area contributed by atoms with E-state index in [4.69, 9.17) is 0 Å². The van der Waals surface area contributed by atoms with Crippen LogP contribution in [0.25, 0.3) is 0 Å². The van der Waals surface area contributed by atoms with Gasteiger partial charge in [0.1, 0.15) is 0 Å². The lowest BCUT2D eigenvalue weighted by Gasteiger charge is -2.01. The van der Waals surface area contributed by atoms with Gasteiger partial charge in [-0.05, 0) is 84.8 Å². The molecule has 0 atom stereocenters. The first kappa shape index (κ1) is 23.9. The molecule has 0 N–H and O–H groups in total. The Morgan fingerprint density at radius 1 is 0.375 bits per heavy atom. The van der Waals surface area contributed by atoms with Crippen molar-refractivity contribution in [3.05, 3.63) is 119 Å². The van der Waals surface area contributed by atoms with Gasteiger partial charge in [0.15, 0.2) is 0 Å². The molecule has 0 unspecified atom stereocenters. The summed E-state index contributed by atoms with van der Waals surface area (Å²) >= 11 is 0. The van der Waals surface area contributed by atoms with E-state index >= 15 is 0 Å². The van der Waals surface area contributed by atoms with Crippen LogP contribution >= 0.6 is 0 Å². The molecule has 0 radical (unpaired) electrons. The second-order valence-corrected chi connectivity index (χ2v) is 7.13. The van der Waals surface area contributed by atoms with E-state index in [2.05, 4.69) is 71.7 Å². The molecular weight excluding hydrogens is 384 g/mol. The van der Waals surface area contributed by atoms with Crippen LogP contribution in [-0.2, 0) is 0 Å². The van der Waals surface area contributed by atoms with Crippen molar-refractivity contribution in [3.8, 4) is 47.4 Å². The maximum atomic E-state index is 3.07. The van der Waals surface area contributed by atoms with E-state index in [0.717, 1.165) is 33.4 Å². The molecule has 0 heteroatoms. The highest BCUT2D eigenvalue weighted by atomic mass is 14.0. The topological polar surface area (TPSA) is 0 Å². The molecule has 0 saturated carbocycles. The standard InChI is InChI=1S/C32H26/c1-27-15-6-5-7-23-31(24-12-20-28(2)17-9-8-16-27)32-25-13-21-29(3)18-10-11-19-30(4)22-14-26-32/h5-7,12-15,20-26H,1-4H3/b6-5+,23-7+,24-12+,25-13+,26-14+,27-15-,28-20-,29-21-,30-22-. The van der Waals surface area contributed by atoms with Crippen LogP contribution in [0.15, 0.2) is 119 Å². The second-order valence-electron chi connectivity index (χ2n) is 7.13. The minimum absolute atomic E-state index is 0.953. The average molecular weight is 411 g/mol. The van der Waals surface area contributed by atoms with Gasteiger partial charge in [0.2, 0.25) is 0 Å². The quantitative estimate of drug-likeness (QED) is 0.381. The summed E-state index contributed by atoms with van der Waals surface area (Å²) in [5.41, 5.74) is 5.97. The third-order valence-corrected chi connectivity index (χ3v) is 4.21. The molecule has 0 spiro atoms. The van der Waals surface area contributed by atoms with Crippen LogP contribution in [0.3, 0.4) is 0 Å². The van der Waals surface area contributed by atoms with Gasteiger partial charge in [0.25, 0.3) is 0 Å². The van der Waals surface area contributed by atoms with Gasteiger partial charge in [-0.1, -0.05) is 109 Å². The summed E-state index contributed by atoms with van der Waals surface area (Å²) in [4.78, 5) is 0. The van der Waals surface area contributed by atoms with Crippen LogP contribution in [0.4, 0.5) is 0 Å². The van der Waals surface area contributed by atoms with E-state index in [1.165, 1.54) is 0 Å². The van der Waals surface area contributed by atoms with Gasteiger partial charge in [-0.2, -0.15) is 0 Å². The molecule has 154 valence electrons. The van der Waals surface area contributed by atoms with E-state index in [-0.39, 0.29) is 0 Å². The molecule has 0 heterocycles. The summed E-state index contributed by atoms with van der Waals surface area (Å²) in [6, 6.07) is 0. The second kappa shape index (κ2) is 13.8. The zero-order valence-corrected chi connectivity index (χ0v) is 19.1. The molecule has 0 amide bonds. The van der Waals surface area contributed by atoms with Gasteiger partial charge in [-0.15, -0.1) is 0 Å². The molecule has 0 saturated heterocycles. The van der Waals surface area contributed by atoms with Crippen LogP contribution < -0.4 is 0 Å². The third kappa shape index (κ3) is 9.91. The van der Waals surface area contributed by atoms with Crippen molar-refractivity contribution in [2.24, 2.45) is 0 Å². The molecule has 0 aromatic heterocycles. The molecule has 0 aliphatic heterocycles. The van der Waals surface area contributed by atoms with Gasteiger partial charge in [-0.25, -0.2) is 0 Å². The average Bonchev–Trinajstić information content (AvgIpc) is 2.77. The first-order valence-corrected chi connectivity index (χ1v) is 10.4. The highest BCUT2D eigenvalue weighted by molar-refractivity contribution is 5.51. The lowest BCUT2D eigenvalue weighted by Crippen LogP contribution is -1.82. The summed E-state index contributed by atoms with van der Waals surface area (Å²) in [5.74, 6) is 23.8. The Kier molecular flexibility index (Phi) is 10.3. The molecular formula is C32H26. The summed E-state index contributed by atoms with van der Waals surface area (Å²) in [6.45, 7) is 7.91. The fourth-order valence-electron chi connectivity index (χ4n) is 2.49. The Labute approximate surface area is 193 Å². The van der Waals surface area contributed by atoms with Gasteiger partial charge in [-0.3, -0.25) is 0 Å². The zero-order chi connectivity index (χ0) is 23.0. The van der Waals surface area contributed by atoms with E-state index in [1.807, 2.05) is 88.5 Å². The monoisotopic (exact) mass is 410 g/mol. The summed E-state index contributed by atoms with van der Waals surface area (Å²) in [6.07, 6.45) is 28.3. The SMILES string of the molecule is C/C1=C/C=C/C=C/C(=C2/C=C/C=C(/C)C#CC#C/C(C)=C\C=C\2)/C=C/C=C(/C)C#CC#C1. The minimum Gasteiger partial charge on any atom is -0.0622 e. The van der Waals surface area contributed by atoms with Crippen molar-refractivity contribution in [3.63, 3.8) is 0 Å². The predicted octanol–water partition coefficient (Wildman–Crippen LogP) is 6.89. The number of allylic oxidation sites excluding steroid dienone is 20. The number of hydrogen-bond donors (Lipinski definition) is 0. The first-order chi connectivity index (χ1) is 15.5. The fourth-order valence-corrected chi connectivity index (χ4v) is 2.49. The molecule has 0 bridgehead atoms. The van der Waals surface area contributed by atoms with Crippen molar-refractivity contribution in [1.29, 1.82) is 0 Å². The largest absolute Gasteiger partial charge is 0.0622 e. The van der Waals surface area contributed by atoms with Gasteiger partial charge in [0, 0.05) is 0 Å². The van der Waals surface area contributed by atoms with Gasteiger partial charge in [0.05, 0.1) is 0 Å². The fraction of sp³-hybridized carbons (Fsp3) is 0.125. The lowest BCUT2D eigenvalue weighted by atomic mass is 10.0. The molecule has 0 aromatic carbocycles. The van der Waals surface area contributed by atoms with Crippen molar-refractivity contribution < 1.29 is 0 Å². The van der Waals surface area contributed by atoms with Gasteiger partial charge >= 0.3 is 0 Å². The van der Waals surface area contributed by atoms with Crippen LogP contribution in [0.1, 0.15) is 27.7 Å². The maximum Gasteiger partial charge on any atom is -0.0000494 e. The smallest absolute Gasteiger partial charge is 0.0000494 e. The van der Waals surface area contributed by atoms with Crippen LogP contribution in [0, 0.1) is 47.4 Å². The van der Waals surface area contributed by atoms with E-state index in [9.17, 15) is 0 Å². The summed E-state index contributed by atoms with van der Waals surface area (Å²) in [5, 5.41) is 0. The predicted molar refractivity (Wildman–Crippen MR) is 139 cm³/mol. The Balaban J connectivity index is 2.60. The van der Waals surface area contributed by atoms with Crippen molar-refractivity contribution >= 4 is 0 Å². The highest BCUT2D eigenvalue weighted by Gasteiger charge is 1.95. The Hall–Kier alpha value is -4.36. The normalized spacial score (nSPS) is 27.6. The molecule has 0 nitrogen and oxygen atoms in total. The van der Waals surface area contributed by atoms with E-state index in [0.29, 0.717) is 0 Å². The summed E-state index contributed by atoms with van der Waals surface area (Å²) in [7, 11) is 0. The first-order valence-electron chi connectivity index (χ1n) is 10.4. The molecule has 0 fully saturated rings. The molecule has 2 aliphatic rings. The highest BCUT2D eigenvalue weighted by Crippen LogP contribution is 2.14. The van der Waals surface area contributed by atoms with Gasteiger partial charge < -0.3 is 0 Å². The van der Waals surface area contributed by atoms with Crippen molar-refractivity contribution in [2.45, 2.75) is 27.7 Å². The Morgan fingerprint density at radius 3 is 1.06 bits per heavy atom. The summed E-state index contributed by atoms with van der Waals surface area (Å²) < 4.78 is 0. The molecule has 0 aromatic rings. The van der Waals surface area contributed by atoms with Crippen LogP contribution in [0.2, 0.25) is 0 Å². The maximum absolute atomic E-state index is 3.07. The van der Waals surface area contributed by atoms with Crippen LogP contribution in [-0.4, -0.2) is 0 Å². The van der Waals surface area contributed by atoms with E-state index in [1.54, 1.807) is 0 Å². The Bertz CT molecular complexity index is 1240. The third-order valence-electron chi connectivity index (χ3n) is 4.21. The Morgan fingerprint density at radius 2 is 0.688 bits per heavy atom. The van der Waals surface area contributed by atoms with Crippen molar-refractivity contribution in [2.75, 3.05) is 0 Å². The van der Waals surface area contributed by atoms with Crippen LogP contribution in [0.5, 0.6) is 0 Å². The van der Waals surface area contributed by atoms with Crippen molar-refractivity contribution in [1.82, 2.24) is 0 Å². The number of rotatable bonds is 0. The number of hydrogen-bond acceptors (Lipinski definition) is 0. The molecule has 2 aliphatic carbocycles. The van der Waals surface area contributed by atoms with E-state index < -0.39 is 0 Å². The zero-order valence-electron chi connectivity index (χ0n) is 19.1.